The third-order valence-electron chi connectivity index (χ3n) is 5.08. The first-order valence-electron chi connectivity index (χ1n) is 10.6. The van der Waals surface area contributed by atoms with Crippen LogP contribution < -0.4 is 5.32 Å². The molecule has 180 valence electrons. The van der Waals surface area contributed by atoms with Gasteiger partial charge in [-0.2, -0.15) is 4.31 Å². The number of hydrogen-bond acceptors (Lipinski definition) is 4. The van der Waals surface area contributed by atoms with Crippen molar-refractivity contribution >= 4 is 33.4 Å². The summed E-state index contributed by atoms with van der Waals surface area (Å²) in [5, 5.41) is 3.18. The van der Waals surface area contributed by atoms with Crippen LogP contribution in [-0.4, -0.2) is 55.6 Å². The molecule has 0 unspecified atom stereocenters. The molecule has 0 bridgehead atoms. The lowest BCUT2D eigenvalue weighted by atomic mass is 10.1. The molecular formula is C23H29ClFN3O4S. The second-order valence-electron chi connectivity index (χ2n) is 7.58. The zero-order valence-electron chi connectivity index (χ0n) is 18.9. The Morgan fingerprint density at radius 2 is 1.67 bits per heavy atom. The number of carbonyl (C=O) groups excluding carboxylic acids is 2. The monoisotopic (exact) mass is 497 g/mol. The van der Waals surface area contributed by atoms with Crippen molar-refractivity contribution in [3.05, 3.63) is 64.9 Å². The number of halogens is 2. The molecule has 0 fully saturated rings. The largest absolute Gasteiger partial charge is 0.354 e. The Labute approximate surface area is 199 Å². The highest BCUT2D eigenvalue weighted by Gasteiger charge is 2.31. The highest BCUT2D eigenvalue weighted by molar-refractivity contribution is 7.89. The van der Waals surface area contributed by atoms with Crippen LogP contribution in [0.1, 0.15) is 32.3 Å². The summed E-state index contributed by atoms with van der Waals surface area (Å²) in [7, 11) is -2.65. The first-order valence-corrected chi connectivity index (χ1v) is 12.5. The van der Waals surface area contributed by atoms with Crippen molar-refractivity contribution in [2.75, 3.05) is 20.1 Å². The molecule has 0 spiro atoms. The summed E-state index contributed by atoms with van der Waals surface area (Å²) in [5.41, 5.74) is 0.620. The highest BCUT2D eigenvalue weighted by Crippen LogP contribution is 2.19. The lowest BCUT2D eigenvalue weighted by molar-refractivity contribution is -0.141. The number of nitrogens with one attached hydrogen (secondary N) is 1. The van der Waals surface area contributed by atoms with Gasteiger partial charge in [-0.3, -0.25) is 9.59 Å². The van der Waals surface area contributed by atoms with Gasteiger partial charge in [-0.25, -0.2) is 12.8 Å². The molecule has 0 aromatic heterocycles. The fourth-order valence-electron chi connectivity index (χ4n) is 3.22. The van der Waals surface area contributed by atoms with Crippen LogP contribution in [-0.2, 0) is 26.2 Å². The minimum atomic E-state index is -3.95. The number of amides is 2. The number of carbonyl (C=O) groups is 2. The average molecular weight is 498 g/mol. The maximum atomic E-state index is 13.3. The Morgan fingerprint density at radius 3 is 2.21 bits per heavy atom. The third kappa shape index (κ3) is 7.25. The first-order chi connectivity index (χ1) is 15.6. The van der Waals surface area contributed by atoms with E-state index in [1.165, 1.54) is 60.5 Å². The molecule has 0 saturated carbocycles. The van der Waals surface area contributed by atoms with E-state index in [4.69, 9.17) is 11.6 Å². The van der Waals surface area contributed by atoms with Gasteiger partial charge in [0.15, 0.2) is 0 Å². The fraction of sp³-hybridized carbons (Fsp3) is 0.391. The van der Waals surface area contributed by atoms with Gasteiger partial charge < -0.3 is 10.2 Å². The Balaban J connectivity index is 2.29. The summed E-state index contributed by atoms with van der Waals surface area (Å²) in [5.74, 6) is -1.28. The highest BCUT2D eigenvalue weighted by atomic mass is 35.5. The predicted molar refractivity (Wildman–Crippen MR) is 126 cm³/mol. The number of likely N-dealkylation sites (N-methyl/N-ethyl adjacent to an activating group) is 1. The van der Waals surface area contributed by atoms with E-state index in [9.17, 15) is 22.4 Å². The second-order valence-corrected chi connectivity index (χ2v) is 10.1. The van der Waals surface area contributed by atoms with Crippen LogP contribution >= 0.6 is 11.6 Å². The minimum Gasteiger partial charge on any atom is -0.354 e. The van der Waals surface area contributed by atoms with E-state index in [1.54, 1.807) is 6.92 Å². The molecule has 1 atom stereocenters. The Morgan fingerprint density at radius 1 is 1.06 bits per heavy atom. The van der Waals surface area contributed by atoms with Crippen molar-refractivity contribution in [2.45, 2.75) is 44.2 Å². The molecular weight excluding hydrogens is 469 g/mol. The summed E-state index contributed by atoms with van der Waals surface area (Å²) in [6.07, 6.45) is 1.06. The summed E-state index contributed by atoms with van der Waals surface area (Å²) < 4.78 is 40.1. The summed E-state index contributed by atoms with van der Waals surface area (Å²) in [6, 6.07) is 10.4. The Bertz CT molecular complexity index is 1050. The van der Waals surface area contributed by atoms with Gasteiger partial charge in [0.05, 0.1) is 11.4 Å². The van der Waals surface area contributed by atoms with Gasteiger partial charge in [0.1, 0.15) is 11.9 Å². The fourth-order valence-corrected chi connectivity index (χ4v) is 4.47. The average Bonchev–Trinajstić information content (AvgIpc) is 2.78. The van der Waals surface area contributed by atoms with E-state index in [-0.39, 0.29) is 17.3 Å². The van der Waals surface area contributed by atoms with Gasteiger partial charge in [-0.1, -0.05) is 37.6 Å². The lowest BCUT2D eigenvalue weighted by Crippen LogP contribution is -2.51. The lowest BCUT2D eigenvalue weighted by Gasteiger charge is -2.32. The van der Waals surface area contributed by atoms with Crippen molar-refractivity contribution in [2.24, 2.45) is 0 Å². The van der Waals surface area contributed by atoms with Crippen LogP contribution in [0.25, 0.3) is 0 Å². The van der Waals surface area contributed by atoms with E-state index in [0.717, 1.165) is 10.7 Å². The Hall–Kier alpha value is -2.49. The number of rotatable bonds is 11. The topological polar surface area (TPSA) is 86.8 Å². The van der Waals surface area contributed by atoms with Crippen molar-refractivity contribution in [1.29, 1.82) is 0 Å². The van der Waals surface area contributed by atoms with Gasteiger partial charge in [0.2, 0.25) is 21.8 Å². The van der Waals surface area contributed by atoms with Crippen LogP contribution in [0.5, 0.6) is 0 Å². The number of benzene rings is 2. The quantitative estimate of drug-likeness (QED) is 0.515. The SMILES string of the molecule is CCCNC(=O)[C@H](CC)N(Cc1ccc(F)cc1)C(=O)CN(C)S(=O)(=O)c1ccc(Cl)cc1. The van der Waals surface area contributed by atoms with Crippen molar-refractivity contribution in [3.63, 3.8) is 0 Å². The van der Waals surface area contributed by atoms with Gasteiger partial charge in [-0.05, 0) is 54.8 Å². The van der Waals surface area contributed by atoms with E-state index in [2.05, 4.69) is 5.32 Å². The maximum Gasteiger partial charge on any atom is 0.243 e. The third-order valence-corrected chi connectivity index (χ3v) is 7.15. The van der Waals surface area contributed by atoms with Crippen LogP contribution in [0, 0.1) is 5.82 Å². The molecule has 10 heteroatoms. The van der Waals surface area contributed by atoms with Crippen LogP contribution in [0.4, 0.5) is 4.39 Å². The molecule has 0 aliphatic heterocycles. The molecule has 0 saturated heterocycles. The van der Waals surface area contributed by atoms with E-state index < -0.39 is 34.3 Å². The molecule has 0 aliphatic rings. The van der Waals surface area contributed by atoms with Crippen LogP contribution in [0.2, 0.25) is 5.02 Å². The Kier molecular flexibility index (Phi) is 9.82. The van der Waals surface area contributed by atoms with Gasteiger partial charge in [-0.15, -0.1) is 0 Å². The summed E-state index contributed by atoms with van der Waals surface area (Å²) >= 11 is 5.84. The second kappa shape index (κ2) is 12.1. The molecule has 7 nitrogen and oxygen atoms in total. The molecule has 0 radical (unpaired) electrons. The maximum absolute atomic E-state index is 13.3. The normalized spacial score (nSPS) is 12.4. The summed E-state index contributed by atoms with van der Waals surface area (Å²) in [4.78, 5) is 27.4. The van der Waals surface area contributed by atoms with Crippen molar-refractivity contribution in [1.82, 2.24) is 14.5 Å². The zero-order valence-corrected chi connectivity index (χ0v) is 20.5. The molecule has 1 N–H and O–H groups in total. The molecule has 33 heavy (non-hydrogen) atoms. The van der Waals surface area contributed by atoms with Crippen LogP contribution in [0.3, 0.4) is 0 Å². The van der Waals surface area contributed by atoms with Gasteiger partial charge >= 0.3 is 0 Å². The van der Waals surface area contributed by atoms with E-state index in [1.807, 2.05) is 6.92 Å². The van der Waals surface area contributed by atoms with E-state index in [0.29, 0.717) is 23.6 Å². The molecule has 2 rings (SSSR count). The van der Waals surface area contributed by atoms with Crippen molar-refractivity contribution in [3.8, 4) is 0 Å². The smallest absolute Gasteiger partial charge is 0.243 e. The molecule has 0 heterocycles. The zero-order chi connectivity index (χ0) is 24.6. The first kappa shape index (κ1) is 26.8. The van der Waals surface area contributed by atoms with Gasteiger partial charge in [0, 0.05) is 25.2 Å². The van der Waals surface area contributed by atoms with Crippen molar-refractivity contribution < 1.29 is 22.4 Å². The number of nitrogens with zero attached hydrogens (tertiary/aromatic N) is 2. The molecule has 2 aromatic carbocycles. The van der Waals surface area contributed by atoms with Gasteiger partial charge in [0.25, 0.3) is 0 Å². The molecule has 0 aliphatic carbocycles. The van der Waals surface area contributed by atoms with Crippen LogP contribution in [0.15, 0.2) is 53.4 Å². The molecule has 2 aromatic rings. The molecule has 2 amide bonds. The standard InChI is InChI=1S/C23H29ClFN3O4S/c1-4-14-26-23(30)21(5-2)28(15-17-6-10-19(25)11-7-17)22(29)16-27(3)33(31,32)20-12-8-18(24)9-13-20/h6-13,21H,4-5,14-16H2,1-3H3,(H,26,30)/t21-/m0/s1. The predicted octanol–water partition coefficient (Wildman–Crippen LogP) is 3.43. The number of sulfonamides is 1. The van der Waals surface area contributed by atoms with E-state index >= 15 is 0 Å². The summed E-state index contributed by atoms with van der Waals surface area (Å²) in [6.45, 7) is 3.71. The minimum absolute atomic E-state index is 0.0000138. The number of hydrogen-bond donors (Lipinski definition) is 1.